The number of methoxy groups -OCH3 is 1. The first kappa shape index (κ1) is 10.9. The van der Waals surface area contributed by atoms with Gasteiger partial charge in [0.2, 0.25) is 0 Å². The van der Waals surface area contributed by atoms with Crippen molar-refractivity contribution >= 4 is 0 Å². The van der Waals surface area contributed by atoms with Crippen molar-refractivity contribution in [2.75, 3.05) is 20.2 Å². The van der Waals surface area contributed by atoms with Crippen LogP contribution in [0.2, 0.25) is 0 Å². The zero-order chi connectivity index (χ0) is 11.9. The van der Waals surface area contributed by atoms with Crippen molar-refractivity contribution in [1.29, 1.82) is 0 Å². The highest BCUT2D eigenvalue weighted by Crippen LogP contribution is 2.49. The van der Waals surface area contributed by atoms with Crippen LogP contribution >= 0.6 is 0 Å². The van der Waals surface area contributed by atoms with Crippen LogP contribution in [-0.2, 0) is 5.41 Å². The molecule has 3 rings (SSSR count). The van der Waals surface area contributed by atoms with E-state index in [-0.39, 0.29) is 11.5 Å². The zero-order valence-corrected chi connectivity index (χ0v) is 10.5. The third kappa shape index (κ3) is 1.45. The number of ether oxygens (including phenoxy) is 2. The Morgan fingerprint density at radius 1 is 1.53 bits per heavy atom. The Morgan fingerprint density at radius 2 is 2.41 bits per heavy atom. The molecule has 92 valence electrons. The number of rotatable bonds is 2. The molecule has 1 N–H and O–H groups in total. The minimum atomic E-state index is 0.190. The van der Waals surface area contributed by atoms with Gasteiger partial charge in [0.1, 0.15) is 17.6 Å². The lowest BCUT2D eigenvalue weighted by Crippen LogP contribution is -2.50. The molecule has 17 heavy (non-hydrogen) atoms. The molecule has 0 aromatic heterocycles. The number of fused-ring (bicyclic) bond motifs is 3. The van der Waals surface area contributed by atoms with E-state index >= 15 is 0 Å². The second-order valence-electron chi connectivity index (χ2n) is 4.93. The summed E-state index contributed by atoms with van der Waals surface area (Å²) in [6.45, 7) is 4.28. The number of hydrogen-bond acceptors (Lipinski definition) is 3. The van der Waals surface area contributed by atoms with Crippen LogP contribution in [0, 0.1) is 0 Å². The van der Waals surface area contributed by atoms with Crippen molar-refractivity contribution in [3.8, 4) is 11.5 Å². The lowest BCUT2D eigenvalue weighted by atomic mass is 9.71. The summed E-state index contributed by atoms with van der Waals surface area (Å²) in [6.07, 6.45) is 2.55. The Balaban J connectivity index is 2.09. The molecule has 0 aliphatic carbocycles. The van der Waals surface area contributed by atoms with Gasteiger partial charge in [0, 0.05) is 17.5 Å². The van der Waals surface area contributed by atoms with Gasteiger partial charge in [0.25, 0.3) is 0 Å². The van der Waals surface area contributed by atoms with E-state index in [2.05, 4.69) is 18.3 Å². The van der Waals surface area contributed by atoms with Gasteiger partial charge in [-0.05, 0) is 37.6 Å². The molecule has 2 aliphatic heterocycles. The predicted molar refractivity (Wildman–Crippen MR) is 66.9 cm³/mol. The normalized spacial score (nSPS) is 30.4. The average molecular weight is 233 g/mol. The van der Waals surface area contributed by atoms with Crippen LogP contribution in [-0.4, -0.2) is 26.3 Å². The molecular formula is C14H19NO2. The molecule has 2 atom stereocenters. The van der Waals surface area contributed by atoms with E-state index in [1.54, 1.807) is 7.11 Å². The Kier molecular flexibility index (Phi) is 2.51. The fourth-order valence-corrected chi connectivity index (χ4v) is 3.24. The summed E-state index contributed by atoms with van der Waals surface area (Å²) in [5.74, 6) is 1.97. The molecule has 2 aliphatic rings. The highest BCUT2D eigenvalue weighted by molar-refractivity contribution is 5.49. The summed E-state index contributed by atoms with van der Waals surface area (Å²) >= 11 is 0. The predicted octanol–water partition coefficient (Wildman–Crippen LogP) is 2.10. The molecular weight excluding hydrogens is 214 g/mol. The van der Waals surface area contributed by atoms with E-state index < -0.39 is 0 Å². The molecule has 3 heteroatoms. The highest BCUT2D eigenvalue weighted by Gasteiger charge is 2.48. The summed E-state index contributed by atoms with van der Waals surface area (Å²) in [6, 6.07) is 6.18. The lowest BCUT2D eigenvalue weighted by molar-refractivity contribution is 0.109. The van der Waals surface area contributed by atoms with Crippen LogP contribution in [0.3, 0.4) is 0 Å². The Bertz CT molecular complexity index is 432. The lowest BCUT2D eigenvalue weighted by Gasteiger charge is -2.37. The molecule has 0 radical (unpaired) electrons. The third-order valence-electron chi connectivity index (χ3n) is 4.32. The fraction of sp³-hybridized carbons (Fsp3) is 0.571. The van der Waals surface area contributed by atoms with Crippen molar-refractivity contribution in [2.45, 2.75) is 31.3 Å². The van der Waals surface area contributed by atoms with E-state index in [1.807, 2.05) is 12.1 Å². The quantitative estimate of drug-likeness (QED) is 0.848. The van der Waals surface area contributed by atoms with Crippen molar-refractivity contribution in [3.63, 3.8) is 0 Å². The van der Waals surface area contributed by atoms with Crippen molar-refractivity contribution in [3.05, 3.63) is 23.8 Å². The van der Waals surface area contributed by atoms with Crippen LogP contribution in [0.1, 0.15) is 25.3 Å². The topological polar surface area (TPSA) is 30.5 Å². The maximum Gasteiger partial charge on any atom is 0.124 e. The van der Waals surface area contributed by atoms with Crippen molar-refractivity contribution < 1.29 is 9.47 Å². The summed E-state index contributed by atoms with van der Waals surface area (Å²) < 4.78 is 11.4. The summed E-state index contributed by atoms with van der Waals surface area (Å²) in [7, 11) is 1.72. The molecule has 0 bridgehead atoms. The minimum absolute atomic E-state index is 0.190. The van der Waals surface area contributed by atoms with Gasteiger partial charge in [0.05, 0.1) is 7.11 Å². The van der Waals surface area contributed by atoms with E-state index in [9.17, 15) is 0 Å². The number of nitrogens with one attached hydrogen (secondary N) is 1. The first-order valence-electron chi connectivity index (χ1n) is 6.36. The van der Waals surface area contributed by atoms with Gasteiger partial charge in [-0.3, -0.25) is 0 Å². The molecule has 0 spiro atoms. The van der Waals surface area contributed by atoms with Gasteiger partial charge >= 0.3 is 0 Å². The van der Waals surface area contributed by atoms with E-state index in [0.717, 1.165) is 37.4 Å². The average Bonchev–Trinajstić information content (AvgIpc) is 2.72. The highest BCUT2D eigenvalue weighted by atomic mass is 16.5. The monoisotopic (exact) mass is 233 g/mol. The van der Waals surface area contributed by atoms with Crippen LogP contribution in [0.4, 0.5) is 0 Å². The molecule has 2 heterocycles. The largest absolute Gasteiger partial charge is 0.497 e. The summed E-state index contributed by atoms with van der Waals surface area (Å²) in [4.78, 5) is 0. The van der Waals surface area contributed by atoms with E-state index in [0.29, 0.717) is 0 Å². The molecule has 0 unspecified atom stereocenters. The first-order valence-corrected chi connectivity index (χ1v) is 6.36. The van der Waals surface area contributed by atoms with E-state index in [4.69, 9.17) is 9.47 Å². The molecule has 1 saturated heterocycles. The third-order valence-corrected chi connectivity index (χ3v) is 4.32. The minimum Gasteiger partial charge on any atom is -0.497 e. The van der Waals surface area contributed by atoms with Crippen LogP contribution in [0.15, 0.2) is 18.2 Å². The van der Waals surface area contributed by atoms with Gasteiger partial charge in [0.15, 0.2) is 0 Å². The number of hydrogen-bond donors (Lipinski definition) is 1. The van der Waals surface area contributed by atoms with Gasteiger partial charge in [-0.1, -0.05) is 6.92 Å². The van der Waals surface area contributed by atoms with Crippen LogP contribution in [0.25, 0.3) is 0 Å². The molecule has 1 aromatic carbocycles. The number of benzene rings is 1. The Labute approximate surface area is 102 Å². The second kappa shape index (κ2) is 3.91. The standard InChI is InChI=1S/C14H19NO2/c1-3-14-6-7-15-9-13(14)17-12-5-4-10(16-2)8-11(12)14/h4-5,8,13,15H,3,6-7,9H2,1-2H3/t13-,14-/m1/s1. The summed E-state index contributed by atoms with van der Waals surface area (Å²) in [5.41, 5.74) is 1.53. The van der Waals surface area contributed by atoms with E-state index in [1.165, 1.54) is 5.56 Å². The smallest absolute Gasteiger partial charge is 0.124 e. The van der Waals surface area contributed by atoms with Gasteiger partial charge in [-0.15, -0.1) is 0 Å². The maximum atomic E-state index is 6.09. The molecule has 3 nitrogen and oxygen atoms in total. The Hall–Kier alpha value is -1.22. The maximum absolute atomic E-state index is 6.09. The van der Waals surface area contributed by atoms with Gasteiger partial charge in [-0.25, -0.2) is 0 Å². The molecule has 1 fully saturated rings. The van der Waals surface area contributed by atoms with Crippen LogP contribution < -0.4 is 14.8 Å². The molecule has 0 amide bonds. The second-order valence-corrected chi connectivity index (χ2v) is 4.93. The molecule has 1 aromatic rings. The first-order chi connectivity index (χ1) is 8.30. The Morgan fingerprint density at radius 3 is 3.18 bits per heavy atom. The van der Waals surface area contributed by atoms with Crippen molar-refractivity contribution in [2.24, 2.45) is 0 Å². The van der Waals surface area contributed by atoms with Crippen molar-refractivity contribution in [1.82, 2.24) is 5.32 Å². The van der Waals surface area contributed by atoms with Gasteiger partial charge < -0.3 is 14.8 Å². The molecule has 0 saturated carbocycles. The number of piperidine rings is 1. The summed E-state index contributed by atoms with van der Waals surface area (Å²) in [5, 5.41) is 3.42. The van der Waals surface area contributed by atoms with Crippen LogP contribution in [0.5, 0.6) is 11.5 Å². The SMILES string of the molecule is CC[C@]12CCNC[C@H]1Oc1ccc(OC)cc12. The zero-order valence-electron chi connectivity index (χ0n) is 10.5. The van der Waals surface area contributed by atoms with Gasteiger partial charge in [-0.2, -0.15) is 0 Å². The fourth-order valence-electron chi connectivity index (χ4n) is 3.24.